The van der Waals surface area contributed by atoms with E-state index in [0.29, 0.717) is 48.2 Å². The topological polar surface area (TPSA) is 164 Å². The Hall–Kier alpha value is -4.32. The molecule has 4 aromatic rings. The minimum Gasteiger partial charge on any atom is -0.369 e. The van der Waals surface area contributed by atoms with E-state index < -0.39 is 38.3 Å². The first-order chi connectivity index (χ1) is 21.9. The van der Waals surface area contributed by atoms with E-state index in [-0.39, 0.29) is 29.2 Å². The maximum absolute atomic E-state index is 13.9. The molecule has 2 aliphatic heterocycles. The number of aromatic nitrogens is 5. The first-order valence-electron chi connectivity index (χ1n) is 14.2. The van der Waals surface area contributed by atoms with Gasteiger partial charge in [0.1, 0.15) is 18.5 Å². The number of rotatable bonds is 9. The second-order valence-electron chi connectivity index (χ2n) is 11.0. The van der Waals surface area contributed by atoms with Crippen molar-refractivity contribution in [3.63, 3.8) is 0 Å². The second kappa shape index (κ2) is 12.5. The Morgan fingerprint density at radius 2 is 1.78 bits per heavy atom. The number of nitrogens with zero attached hydrogens (tertiary/aromatic N) is 7. The number of piperidine rings is 1. The van der Waals surface area contributed by atoms with E-state index >= 15 is 0 Å². The van der Waals surface area contributed by atoms with Crippen molar-refractivity contribution in [3.8, 4) is 11.1 Å². The van der Waals surface area contributed by atoms with Gasteiger partial charge in [0.05, 0.1) is 11.2 Å². The van der Waals surface area contributed by atoms with Gasteiger partial charge in [-0.1, -0.05) is 36.4 Å². The highest BCUT2D eigenvalue weighted by Crippen LogP contribution is 2.35. The summed E-state index contributed by atoms with van der Waals surface area (Å²) in [5, 5.41) is 17.9. The summed E-state index contributed by atoms with van der Waals surface area (Å²) in [4.78, 5) is 14.0. The monoisotopic (exact) mass is 672 g/mol. The molecule has 0 aliphatic carbocycles. The summed E-state index contributed by atoms with van der Waals surface area (Å²) < 4.78 is 79.5. The zero-order valence-corrected chi connectivity index (χ0v) is 26.1. The van der Waals surface area contributed by atoms with Gasteiger partial charge in [-0.2, -0.15) is 13.4 Å². The van der Waals surface area contributed by atoms with Crippen molar-refractivity contribution >= 4 is 37.9 Å². The molecule has 4 heterocycles. The molecule has 242 valence electrons. The molecule has 1 fully saturated rings. The number of sulfonamides is 1. The van der Waals surface area contributed by atoms with Gasteiger partial charge in [0, 0.05) is 43.0 Å². The van der Waals surface area contributed by atoms with Crippen molar-refractivity contribution in [2.24, 2.45) is 0 Å². The molecule has 2 aromatic heterocycles. The average molecular weight is 673 g/mol. The van der Waals surface area contributed by atoms with Gasteiger partial charge < -0.3 is 15.3 Å². The van der Waals surface area contributed by atoms with Crippen LogP contribution in [0.4, 0.5) is 20.5 Å². The number of halogens is 2. The van der Waals surface area contributed by atoms with Gasteiger partial charge in [0.25, 0.3) is 16.4 Å². The molecule has 0 bridgehead atoms. The fourth-order valence-electron chi connectivity index (χ4n) is 5.45. The lowest BCUT2D eigenvalue weighted by Crippen LogP contribution is -2.42. The fourth-order valence-corrected chi connectivity index (χ4v) is 7.41. The molecule has 1 unspecified atom stereocenters. The Morgan fingerprint density at radius 3 is 2.43 bits per heavy atom. The van der Waals surface area contributed by atoms with Crippen LogP contribution in [0.3, 0.4) is 0 Å². The van der Waals surface area contributed by atoms with Gasteiger partial charge in [-0.05, 0) is 47.7 Å². The maximum atomic E-state index is 13.9. The highest BCUT2D eigenvalue weighted by atomic mass is 32.2. The number of benzene rings is 2. The summed E-state index contributed by atoms with van der Waals surface area (Å²) in [6.45, 7) is 0.734. The minimum atomic E-state index is -3.92. The zero-order chi connectivity index (χ0) is 32.6. The molecule has 0 spiro atoms. The van der Waals surface area contributed by atoms with Crippen LogP contribution in [0.1, 0.15) is 24.0 Å². The molecule has 1 atom stereocenters. The van der Waals surface area contributed by atoms with Crippen molar-refractivity contribution in [1.29, 1.82) is 0 Å². The van der Waals surface area contributed by atoms with Crippen LogP contribution < -0.4 is 10.2 Å². The molecule has 17 heteroatoms. The Bertz CT molecular complexity index is 1970. The summed E-state index contributed by atoms with van der Waals surface area (Å²) in [7, 11) is -7.21. The summed E-state index contributed by atoms with van der Waals surface area (Å²) in [6.07, 6.45) is 2.54. The predicted octanol–water partition coefficient (Wildman–Crippen LogP) is 2.80. The highest BCUT2D eigenvalue weighted by molar-refractivity contribution is 7.89. The van der Waals surface area contributed by atoms with E-state index in [0.717, 1.165) is 16.7 Å². The third-order valence-corrected chi connectivity index (χ3v) is 10.7. The van der Waals surface area contributed by atoms with Gasteiger partial charge in [-0.15, -0.1) is 9.19 Å². The normalized spacial score (nSPS) is 18.0. The van der Waals surface area contributed by atoms with Crippen LogP contribution in [0, 0.1) is 0 Å². The largest absolute Gasteiger partial charge is 0.369 e. The molecule has 46 heavy (non-hydrogen) atoms. The number of nitrogens with one attached hydrogen (secondary N) is 1. The van der Waals surface area contributed by atoms with E-state index in [1.54, 1.807) is 36.4 Å². The van der Waals surface area contributed by atoms with Crippen molar-refractivity contribution in [2.75, 3.05) is 29.6 Å². The summed E-state index contributed by atoms with van der Waals surface area (Å²) >= 11 is 0. The molecular weight excluding hydrogens is 643 g/mol. The SMILES string of the molecule is CS(=O)(=O)N1CCC(Nc2ncc3c(n2)N(Cc2ccc(-c4cccc(S(=O)(=O)n5cncn5)c4)cc2)C(O)C(C(F)F)=C3)CC1. The van der Waals surface area contributed by atoms with Crippen molar-refractivity contribution < 1.29 is 30.7 Å². The van der Waals surface area contributed by atoms with E-state index in [4.69, 9.17) is 0 Å². The quantitative estimate of drug-likeness (QED) is 0.269. The van der Waals surface area contributed by atoms with Crippen LogP contribution >= 0.6 is 0 Å². The van der Waals surface area contributed by atoms with Gasteiger partial charge in [-0.3, -0.25) is 0 Å². The predicted molar refractivity (Wildman–Crippen MR) is 166 cm³/mol. The van der Waals surface area contributed by atoms with Crippen LogP contribution in [0.5, 0.6) is 0 Å². The molecule has 0 amide bonds. The smallest absolute Gasteiger partial charge is 0.284 e. The lowest BCUT2D eigenvalue weighted by atomic mass is 10.0. The van der Waals surface area contributed by atoms with Crippen LogP contribution in [0.25, 0.3) is 17.2 Å². The number of anilines is 2. The molecule has 0 radical (unpaired) electrons. The highest BCUT2D eigenvalue weighted by Gasteiger charge is 2.34. The zero-order valence-electron chi connectivity index (χ0n) is 24.5. The van der Waals surface area contributed by atoms with Crippen molar-refractivity contribution in [3.05, 3.63) is 84.1 Å². The molecule has 2 N–H and O–H groups in total. The summed E-state index contributed by atoms with van der Waals surface area (Å²) in [5.74, 6) is 0.497. The Labute approximate surface area is 264 Å². The fraction of sp³-hybridized carbons (Fsp3) is 0.310. The van der Waals surface area contributed by atoms with Crippen LogP contribution in [-0.2, 0) is 26.6 Å². The van der Waals surface area contributed by atoms with Crippen LogP contribution in [0.15, 0.2) is 77.9 Å². The second-order valence-corrected chi connectivity index (χ2v) is 14.8. The Morgan fingerprint density at radius 1 is 1.04 bits per heavy atom. The first-order valence-corrected chi connectivity index (χ1v) is 17.5. The number of hydrogen-bond donors (Lipinski definition) is 2. The average Bonchev–Trinajstić information content (AvgIpc) is 3.59. The van der Waals surface area contributed by atoms with E-state index in [2.05, 4.69) is 25.4 Å². The minimum absolute atomic E-state index is 0.0302. The maximum Gasteiger partial charge on any atom is 0.284 e. The van der Waals surface area contributed by atoms with Crippen LogP contribution in [-0.4, -0.2) is 88.4 Å². The molecule has 6 rings (SSSR count). The summed E-state index contributed by atoms with van der Waals surface area (Å²) in [5.41, 5.74) is 1.86. The van der Waals surface area contributed by atoms with Crippen molar-refractivity contribution in [1.82, 2.24) is 28.4 Å². The molecule has 1 saturated heterocycles. The standard InChI is InChI=1S/C29H30F2N8O5S2/c1-45(41,42)37-11-9-23(10-12-37)35-29-33-15-22-14-25(26(30)31)28(40)38(27(22)36-29)16-19-5-7-20(8-6-19)21-3-2-4-24(13-21)46(43,44)39-18-32-17-34-39/h2-8,13-15,17-18,23,26,28,40H,9-12,16H2,1H3,(H,33,35,36). The van der Waals surface area contributed by atoms with Crippen LogP contribution in [0.2, 0.25) is 0 Å². The molecular formula is C29H30F2N8O5S2. The van der Waals surface area contributed by atoms with Gasteiger partial charge in [0.2, 0.25) is 16.0 Å². The van der Waals surface area contributed by atoms with Gasteiger partial charge in [-0.25, -0.2) is 31.5 Å². The lowest BCUT2D eigenvalue weighted by molar-refractivity contribution is 0.123. The molecule has 13 nitrogen and oxygen atoms in total. The molecule has 0 saturated carbocycles. The number of hydrogen-bond acceptors (Lipinski definition) is 11. The molecule has 2 aliphatic rings. The Balaban J connectivity index is 1.23. The number of aliphatic hydroxyl groups is 1. The van der Waals surface area contributed by atoms with E-state index in [1.807, 2.05) is 0 Å². The van der Waals surface area contributed by atoms with E-state index in [1.165, 1.54) is 39.9 Å². The van der Waals surface area contributed by atoms with Crippen molar-refractivity contribution in [2.45, 2.75) is 43.0 Å². The Kier molecular flexibility index (Phi) is 8.58. The van der Waals surface area contributed by atoms with Gasteiger partial charge in [0.15, 0.2) is 6.23 Å². The van der Waals surface area contributed by atoms with E-state index in [9.17, 15) is 30.7 Å². The number of aliphatic hydroxyl groups excluding tert-OH is 1. The third kappa shape index (κ3) is 6.48. The number of alkyl halides is 2. The number of fused-ring (bicyclic) bond motifs is 1. The lowest BCUT2D eigenvalue weighted by Gasteiger charge is -2.35. The third-order valence-electron chi connectivity index (χ3n) is 7.91. The first kappa shape index (κ1) is 31.7. The molecule has 2 aromatic carbocycles. The summed E-state index contributed by atoms with van der Waals surface area (Å²) in [6, 6.07) is 13.3. The van der Waals surface area contributed by atoms with Gasteiger partial charge >= 0.3 is 0 Å².